The van der Waals surface area contributed by atoms with E-state index in [1.165, 1.54) is 0 Å². The van der Waals surface area contributed by atoms with Crippen molar-refractivity contribution in [3.63, 3.8) is 0 Å². The summed E-state index contributed by atoms with van der Waals surface area (Å²) in [5.74, 6) is 0. The summed E-state index contributed by atoms with van der Waals surface area (Å²) in [5, 5.41) is 12.9. The minimum atomic E-state index is 0.417. The van der Waals surface area contributed by atoms with Gasteiger partial charge in [-0.05, 0) is 18.2 Å². The van der Waals surface area contributed by atoms with Crippen LogP contribution in [0.3, 0.4) is 0 Å². The number of nitrogens with zero attached hydrogens (tertiary/aromatic N) is 3. The number of hydrogen-bond acceptors (Lipinski definition) is 3. The molecule has 0 aliphatic rings. The lowest BCUT2D eigenvalue weighted by Gasteiger charge is -2.04. The molecule has 2 rings (SSSR count). The predicted molar refractivity (Wildman–Crippen MR) is 73.4 cm³/mol. The third-order valence-corrected chi connectivity index (χ3v) is 3.10. The van der Waals surface area contributed by atoms with Crippen LogP contribution >= 0.6 is 23.2 Å². The van der Waals surface area contributed by atoms with Gasteiger partial charge in [-0.25, -0.2) is 0 Å². The zero-order chi connectivity index (χ0) is 13.1. The molecule has 1 N–H and O–H groups in total. The molecule has 2 aromatic rings. The zero-order valence-corrected chi connectivity index (χ0v) is 11.7. The molecule has 0 saturated carbocycles. The third-order valence-electron chi connectivity index (χ3n) is 2.36. The van der Waals surface area contributed by atoms with E-state index in [1.54, 1.807) is 23.1 Å². The number of hydrogen-bond donors (Lipinski definition) is 1. The van der Waals surface area contributed by atoms with Crippen molar-refractivity contribution in [2.24, 2.45) is 0 Å². The number of rotatable bonds is 4. The number of halogens is 2. The summed E-state index contributed by atoms with van der Waals surface area (Å²) in [7, 11) is 0. The molecular weight excluding hydrogens is 271 g/mol. The van der Waals surface area contributed by atoms with E-state index in [0.29, 0.717) is 22.6 Å². The third kappa shape index (κ3) is 3.22. The number of nitrogens with one attached hydrogen (secondary N) is 1. The van der Waals surface area contributed by atoms with Crippen LogP contribution in [0.1, 0.15) is 19.5 Å². The lowest BCUT2D eigenvalue weighted by atomic mass is 10.3. The van der Waals surface area contributed by atoms with Gasteiger partial charge in [-0.3, -0.25) is 0 Å². The van der Waals surface area contributed by atoms with Gasteiger partial charge in [-0.2, -0.15) is 15.0 Å². The van der Waals surface area contributed by atoms with E-state index in [0.717, 1.165) is 11.4 Å². The molecule has 96 valence electrons. The van der Waals surface area contributed by atoms with Gasteiger partial charge in [0.05, 0.1) is 27.6 Å². The van der Waals surface area contributed by atoms with E-state index in [2.05, 4.69) is 29.4 Å². The van der Waals surface area contributed by atoms with E-state index in [1.807, 2.05) is 6.07 Å². The van der Waals surface area contributed by atoms with Crippen molar-refractivity contribution in [2.75, 3.05) is 0 Å². The molecule has 0 aliphatic carbocycles. The van der Waals surface area contributed by atoms with Crippen LogP contribution in [-0.2, 0) is 6.54 Å². The molecule has 0 bridgehead atoms. The molecule has 18 heavy (non-hydrogen) atoms. The number of benzene rings is 1. The summed E-state index contributed by atoms with van der Waals surface area (Å²) in [6, 6.07) is 5.71. The first-order valence-corrected chi connectivity index (χ1v) is 6.42. The van der Waals surface area contributed by atoms with Gasteiger partial charge in [0.15, 0.2) is 0 Å². The molecule has 0 unspecified atom stereocenters. The summed E-state index contributed by atoms with van der Waals surface area (Å²) in [4.78, 5) is 1.54. The first-order chi connectivity index (χ1) is 8.56. The van der Waals surface area contributed by atoms with Crippen LogP contribution in [0.15, 0.2) is 24.4 Å². The van der Waals surface area contributed by atoms with Gasteiger partial charge in [0.2, 0.25) is 0 Å². The Hall–Kier alpha value is -1.10. The monoisotopic (exact) mass is 284 g/mol. The molecule has 0 saturated heterocycles. The van der Waals surface area contributed by atoms with Gasteiger partial charge in [0, 0.05) is 12.6 Å². The lowest BCUT2D eigenvalue weighted by molar-refractivity contribution is 0.577. The van der Waals surface area contributed by atoms with Crippen molar-refractivity contribution in [1.82, 2.24) is 20.3 Å². The highest BCUT2D eigenvalue weighted by Crippen LogP contribution is 2.23. The molecule has 1 aromatic carbocycles. The maximum absolute atomic E-state index is 5.96. The normalized spacial score (nSPS) is 11.2. The number of aromatic nitrogens is 3. The van der Waals surface area contributed by atoms with Crippen LogP contribution in [0.2, 0.25) is 10.0 Å². The van der Waals surface area contributed by atoms with Gasteiger partial charge in [0.25, 0.3) is 0 Å². The fourth-order valence-electron chi connectivity index (χ4n) is 1.42. The lowest BCUT2D eigenvalue weighted by Crippen LogP contribution is -2.22. The van der Waals surface area contributed by atoms with Crippen molar-refractivity contribution >= 4 is 23.2 Å². The maximum atomic E-state index is 5.96. The zero-order valence-electron chi connectivity index (χ0n) is 10.2. The fourth-order valence-corrected chi connectivity index (χ4v) is 1.71. The van der Waals surface area contributed by atoms with Gasteiger partial charge in [-0.1, -0.05) is 37.0 Å². The SMILES string of the molecule is CC(C)NCc1cnn(-c2ccc(Cl)c(Cl)c2)n1. The van der Waals surface area contributed by atoms with Crippen LogP contribution < -0.4 is 5.32 Å². The molecule has 0 fully saturated rings. The van der Waals surface area contributed by atoms with E-state index < -0.39 is 0 Å². The van der Waals surface area contributed by atoms with Gasteiger partial charge < -0.3 is 5.32 Å². The maximum Gasteiger partial charge on any atom is 0.0969 e. The Balaban J connectivity index is 2.16. The average Bonchev–Trinajstić information content (AvgIpc) is 2.79. The average molecular weight is 285 g/mol. The second-order valence-corrected chi connectivity index (χ2v) is 5.07. The smallest absolute Gasteiger partial charge is 0.0969 e. The van der Waals surface area contributed by atoms with Crippen LogP contribution in [0.25, 0.3) is 5.69 Å². The fraction of sp³-hybridized carbons (Fsp3) is 0.333. The Labute approximate surface area is 116 Å². The Morgan fingerprint density at radius 3 is 2.72 bits per heavy atom. The van der Waals surface area contributed by atoms with Crippen molar-refractivity contribution < 1.29 is 0 Å². The van der Waals surface area contributed by atoms with E-state index in [-0.39, 0.29) is 0 Å². The second-order valence-electron chi connectivity index (χ2n) is 4.26. The van der Waals surface area contributed by atoms with E-state index in [9.17, 15) is 0 Å². The molecule has 0 amide bonds. The van der Waals surface area contributed by atoms with E-state index >= 15 is 0 Å². The van der Waals surface area contributed by atoms with Crippen LogP contribution in [0.5, 0.6) is 0 Å². The molecule has 0 aliphatic heterocycles. The highest BCUT2D eigenvalue weighted by molar-refractivity contribution is 6.42. The molecule has 0 spiro atoms. The first-order valence-electron chi connectivity index (χ1n) is 5.66. The summed E-state index contributed by atoms with van der Waals surface area (Å²) in [5.41, 5.74) is 1.68. The van der Waals surface area contributed by atoms with E-state index in [4.69, 9.17) is 23.2 Å². The minimum absolute atomic E-state index is 0.417. The predicted octanol–water partition coefficient (Wildman–Crippen LogP) is 3.07. The molecule has 4 nitrogen and oxygen atoms in total. The standard InChI is InChI=1S/C12H14Cl2N4/c1-8(2)15-6-9-7-16-18(17-9)10-3-4-11(13)12(14)5-10/h3-5,7-8,15H,6H2,1-2H3. The topological polar surface area (TPSA) is 42.7 Å². The summed E-state index contributed by atoms with van der Waals surface area (Å²) in [6.45, 7) is 4.87. The Morgan fingerprint density at radius 1 is 1.28 bits per heavy atom. The minimum Gasteiger partial charge on any atom is -0.309 e. The van der Waals surface area contributed by atoms with Gasteiger partial charge >= 0.3 is 0 Å². The van der Waals surface area contributed by atoms with Crippen molar-refractivity contribution in [2.45, 2.75) is 26.4 Å². The highest BCUT2D eigenvalue weighted by Gasteiger charge is 2.05. The van der Waals surface area contributed by atoms with Crippen LogP contribution in [0.4, 0.5) is 0 Å². The highest BCUT2D eigenvalue weighted by atomic mass is 35.5. The van der Waals surface area contributed by atoms with Gasteiger partial charge in [0.1, 0.15) is 0 Å². The Kier molecular flexibility index (Phi) is 4.22. The molecule has 6 heteroatoms. The molecule has 1 aromatic heterocycles. The quantitative estimate of drug-likeness (QED) is 0.938. The van der Waals surface area contributed by atoms with Crippen molar-refractivity contribution in [3.8, 4) is 5.69 Å². The van der Waals surface area contributed by atoms with Gasteiger partial charge in [-0.15, -0.1) is 0 Å². The summed E-state index contributed by atoms with van der Waals surface area (Å²) < 4.78 is 0. The molecular formula is C12H14Cl2N4. The van der Waals surface area contributed by atoms with Crippen LogP contribution in [-0.4, -0.2) is 21.0 Å². The summed E-state index contributed by atoms with van der Waals surface area (Å²) in [6.07, 6.45) is 1.73. The second kappa shape index (κ2) is 5.69. The Morgan fingerprint density at radius 2 is 2.06 bits per heavy atom. The molecule has 0 radical (unpaired) electrons. The first kappa shape index (κ1) is 13.3. The summed E-state index contributed by atoms with van der Waals surface area (Å²) >= 11 is 11.8. The molecule has 0 atom stereocenters. The van der Waals surface area contributed by atoms with Crippen LogP contribution in [0, 0.1) is 0 Å². The van der Waals surface area contributed by atoms with Crippen molar-refractivity contribution in [3.05, 3.63) is 40.1 Å². The largest absolute Gasteiger partial charge is 0.309 e. The Bertz CT molecular complexity index is 537. The molecule has 1 heterocycles. The van der Waals surface area contributed by atoms with Crippen molar-refractivity contribution in [1.29, 1.82) is 0 Å².